The van der Waals surface area contributed by atoms with Crippen LogP contribution >= 0.6 is 35.4 Å². The molecule has 62 valence electrons. The quantitative estimate of drug-likeness (QED) is 0.223. The maximum Gasteiger partial charge on any atom is 0.127 e. The lowest BCUT2D eigenvalue weighted by molar-refractivity contribution is 0.327. The summed E-state index contributed by atoms with van der Waals surface area (Å²) in [5.41, 5.74) is 0.151. The molecule has 4 heteroatoms. The topological polar surface area (TPSA) is 9.23 Å². The fraction of sp³-hybridized carbons (Fsp3) is 1.00. The molecular formula is C6H14OS3. The first kappa shape index (κ1) is 11.0. The maximum absolute atomic E-state index is 4.83. The normalized spacial score (nSPS) is 13.5. The van der Waals surface area contributed by atoms with Crippen molar-refractivity contribution in [2.24, 2.45) is 0 Å². The summed E-state index contributed by atoms with van der Waals surface area (Å²) in [6.45, 7) is 2.18. The predicted octanol–water partition coefficient (Wildman–Crippen LogP) is 3.33. The van der Waals surface area contributed by atoms with Gasteiger partial charge < -0.3 is 4.18 Å². The average Bonchev–Trinajstić information content (AvgIpc) is 1.99. The Bertz CT molecular complexity index is 66.0. The minimum atomic E-state index is 0.151. The molecule has 0 N–H and O–H groups in total. The molecule has 0 amide bonds. The zero-order valence-corrected chi connectivity index (χ0v) is 8.72. The molecule has 0 aromatic rings. The van der Waals surface area contributed by atoms with Crippen molar-refractivity contribution in [1.29, 1.82) is 0 Å². The summed E-state index contributed by atoms with van der Waals surface area (Å²) in [6, 6.07) is 0. The molecule has 0 aliphatic heterocycles. The molecule has 0 aliphatic rings. The van der Waals surface area contributed by atoms with Gasteiger partial charge in [-0.2, -0.15) is 0 Å². The predicted molar refractivity (Wildman–Crippen MR) is 54.6 cm³/mol. The van der Waals surface area contributed by atoms with Crippen molar-refractivity contribution in [3.63, 3.8) is 0 Å². The summed E-state index contributed by atoms with van der Waals surface area (Å²) in [7, 11) is 1.42. The van der Waals surface area contributed by atoms with E-state index in [1.54, 1.807) is 0 Å². The summed E-state index contributed by atoms with van der Waals surface area (Å²) in [5.74, 6) is 0. The summed E-state index contributed by atoms with van der Waals surface area (Å²) < 4.78 is 4.83. The Morgan fingerprint density at radius 1 is 1.50 bits per heavy atom. The van der Waals surface area contributed by atoms with Crippen molar-refractivity contribution >= 4 is 35.4 Å². The summed E-state index contributed by atoms with van der Waals surface area (Å²) in [6.07, 6.45) is 4.76. The number of hydrogen-bond acceptors (Lipinski definition) is 4. The van der Waals surface area contributed by atoms with Gasteiger partial charge in [0, 0.05) is 0 Å². The second-order valence-electron chi connectivity index (χ2n) is 2.14. The van der Waals surface area contributed by atoms with Crippen LogP contribution in [0.1, 0.15) is 32.6 Å². The molecule has 1 atom stereocenters. The maximum atomic E-state index is 4.83. The fourth-order valence-electron chi connectivity index (χ4n) is 0.686. The van der Waals surface area contributed by atoms with Crippen LogP contribution in [0.25, 0.3) is 0 Å². The highest BCUT2D eigenvalue weighted by Gasteiger charge is 2.04. The highest BCUT2D eigenvalue weighted by Crippen LogP contribution is 2.22. The van der Waals surface area contributed by atoms with Crippen LogP contribution in [0.15, 0.2) is 0 Å². The lowest BCUT2D eigenvalue weighted by Crippen LogP contribution is -1.99. The number of hydrogen-bond donors (Lipinski definition) is 2. The summed E-state index contributed by atoms with van der Waals surface area (Å²) >= 11 is 7.77. The van der Waals surface area contributed by atoms with Crippen molar-refractivity contribution in [2.45, 2.75) is 38.0 Å². The molecule has 1 unspecified atom stereocenters. The monoisotopic (exact) mass is 198 g/mol. The molecule has 10 heavy (non-hydrogen) atoms. The molecule has 0 heterocycles. The summed E-state index contributed by atoms with van der Waals surface area (Å²) in [5, 5.41) is 0. The Hall–Kier alpha value is 1.01. The van der Waals surface area contributed by atoms with Gasteiger partial charge in [0.2, 0.25) is 0 Å². The third-order valence-corrected chi connectivity index (χ3v) is 2.95. The molecule has 0 fully saturated rings. The van der Waals surface area contributed by atoms with Crippen molar-refractivity contribution in [3.8, 4) is 0 Å². The van der Waals surface area contributed by atoms with Crippen LogP contribution in [0.5, 0.6) is 0 Å². The van der Waals surface area contributed by atoms with Gasteiger partial charge in [0.05, 0.1) is 0 Å². The van der Waals surface area contributed by atoms with Crippen molar-refractivity contribution in [1.82, 2.24) is 0 Å². The Morgan fingerprint density at radius 2 is 2.20 bits per heavy atom. The van der Waals surface area contributed by atoms with E-state index in [-0.39, 0.29) is 5.44 Å². The minimum absolute atomic E-state index is 0.151. The smallest absolute Gasteiger partial charge is 0.127 e. The Balaban J connectivity index is 3.09. The molecule has 0 saturated carbocycles. The Labute approximate surface area is 77.7 Å². The first-order valence-corrected chi connectivity index (χ1v) is 5.75. The molecule has 0 aromatic carbocycles. The van der Waals surface area contributed by atoms with Crippen LogP contribution in [-0.2, 0) is 4.18 Å². The zero-order valence-electron chi connectivity index (χ0n) is 6.12. The molecule has 0 spiro atoms. The molecule has 0 saturated heterocycles. The van der Waals surface area contributed by atoms with Gasteiger partial charge in [-0.1, -0.05) is 30.6 Å². The van der Waals surface area contributed by atoms with Crippen LogP contribution in [0.2, 0.25) is 0 Å². The lowest BCUT2D eigenvalue weighted by Gasteiger charge is -2.08. The standard InChI is InChI=1S/C6H14OS3/c1-2-3-4-5-6(7-8)10-9/h6,8-9H,2-5H2,1H3. The molecule has 0 rings (SSSR count). The fourth-order valence-corrected chi connectivity index (χ4v) is 1.88. The van der Waals surface area contributed by atoms with Crippen molar-refractivity contribution in [3.05, 3.63) is 0 Å². The van der Waals surface area contributed by atoms with E-state index in [0.717, 1.165) is 6.42 Å². The minimum Gasteiger partial charge on any atom is -0.304 e. The number of thiol groups is 2. The Kier molecular flexibility index (Phi) is 8.93. The first-order chi connectivity index (χ1) is 4.85. The van der Waals surface area contributed by atoms with Gasteiger partial charge >= 0.3 is 0 Å². The third kappa shape index (κ3) is 5.77. The van der Waals surface area contributed by atoms with Gasteiger partial charge in [0.1, 0.15) is 5.44 Å². The lowest BCUT2D eigenvalue weighted by atomic mass is 10.2. The molecule has 0 aromatic heterocycles. The van der Waals surface area contributed by atoms with Crippen LogP contribution < -0.4 is 0 Å². The van der Waals surface area contributed by atoms with Gasteiger partial charge in [-0.25, -0.2) is 0 Å². The third-order valence-electron chi connectivity index (χ3n) is 1.28. The van der Waals surface area contributed by atoms with Crippen LogP contribution in [-0.4, -0.2) is 5.44 Å². The van der Waals surface area contributed by atoms with E-state index in [1.807, 2.05) is 0 Å². The van der Waals surface area contributed by atoms with Crippen LogP contribution in [0.3, 0.4) is 0 Å². The molecule has 1 nitrogen and oxygen atoms in total. The van der Waals surface area contributed by atoms with E-state index in [9.17, 15) is 0 Å². The number of rotatable bonds is 6. The van der Waals surface area contributed by atoms with E-state index in [2.05, 4.69) is 31.5 Å². The number of unbranched alkanes of at least 4 members (excludes halogenated alkanes) is 2. The Morgan fingerprint density at radius 3 is 2.60 bits per heavy atom. The molecular weight excluding hydrogens is 184 g/mol. The van der Waals surface area contributed by atoms with E-state index in [4.69, 9.17) is 4.18 Å². The van der Waals surface area contributed by atoms with E-state index in [1.165, 1.54) is 30.1 Å². The van der Waals surface area contributed by atoms with E-state index >= 15 is 0 Å². The van der Waals surface area contributed by atoms with Crippen molar-refractivity contribution < 1.29 is 4.18 Å². The van der Waals surface area contributed by atoms with E-state index in [0.29, 0.717) is 0 Å². The van der Waals surface area contributed by atoms with Crippen LogP contribution in [0, 0.1) is 0 Å². The highest BCUT2D eigenvalue weighted by atomic mass is 33.1. The zero-order chi connectivity index (χ0) is 7.82. The molecule has 0 bridgehead atoms. The van der Waals surface area contributed by atoms with Gasteiger partial charge in [-0.15, -0.1) is 11.7 Å². The highest BCUT2D eigenvalue weighted by molar-refractivity contribution is 8.68. The second kappa shape index (κ2) is 8.11. The van der Waals surface area contributed by atoms with Gasteiger partial charge in [-0.05, 0) is 25.8 Å². The van der Waals surface area contributed by atoms with Gasteiger partial charge in [-0.3, -0.25) is 0 Å². The molecule has 0 radical (unpaired) electrons. The SMILES string of the molecule is CCCCCC(OS)SS. The van der Waals surface area contributed by atoms with Crippen molar-refractivity contribution in [2.75, 3.05) is 0 Å². The van der Waals surface area contributed by atoms with Gasteiger partial charge in [0.15, 0.2) is 0 Å². The summed E-state index contributed by atoms with van der Waals surface area (Å²) in [4.78, 5) is 0. The van der Waals surface area contributed by atoms with Gasteiger partial charge in [0.25, 0.3) is 0 Å². The largest absolute Gasteiger partial charge is 0.304 e. The molecule has 0 aliphatic carbocycles. The first-order valence-electron chi connectivity index (χ1n) is 3.45. The van der Waals surface area contributed by atoms with Crippen LogP contribution in [0.4, 0.5) is 0 Å². The second-order valence-corrected chi connectivity index (χ2v) is 3.72. The average molecular weight is 198 g/mol. The van der Waals surface area contributed by atoms with E-state index < -0.39 is 0 Å².